The molecule has 2 aromatic carbocycles. The summed E-state index contributed by atoms with van der Waals surface area (Å²) in [5.74, 6) is -0.422. The van der Waals surface area contributed by atoms with Crippen molar-refractivity contribution in [1.29, 1.82) is 0 Å². The first-order valence-corrected chi connectivity index (χ1v) is 8.40. The van der Waals surface area contributed by atoms with E-state index in [2.05, 4.69) is 9.84 Å². The summed E-state index contributed by atoms with van der Waals surface area (Å²) >= 11 is 12.2. The highest BCUT2D eigenvalue weighted by molar-refractivity contribution is 6.35. The van der Waals surface area contributed by atoms with Crippen molar-refractivity contribution < 1.29 is 19.1 Å². The number of halogens is 2. The third-order valence-electron chi connectivity index (χ3n) is 3.60. The number of ether oxygens (including phenoxy) is 1. The fraction of sp³-hybridized carbons (Fsp3) is 0.105. The molecule has 0 unspecified atom stereocenters. The Bertz CT molecular complexity index is 1020. The Labute approximate surface area is 164 Å². The Morgan fingerprint density at radius 2 is 1.93 bits per heavy atom. The topological polar surface area (TPSA) is 78.3 Å². The lowest BCUT2D eigenvalue weighted by Gasteiger charge is -2.06. The summed E-state index contributed by atoms with van der Waals surface area (Å²) in [7, 11) is 1.34. The number of carbonyl (C=O) groups is 1. The van der Waals surface area contributed by atoms with Gasteiger partial charge in [0, 0.05) is 21.5 Å². The Morgan fingerprint density at radius 1 is 1.22 bits per heavy atom. The molecule has 1 aromatic heterocycles. The average Bonchev–Trinajstić information content (AvgIpc) is 3.00. The van der Waals surface area contributed by atoms with Crippen LogP contribution in [-0.2, 0) is 25.7 Å². The maximum absolute atomic E-state index is 11.3. The minimum atomic E-state index is -0.422. The van der Waals surface area contributed by atoms with Gasteiger partial charge >= 0.3 is 12.1 Å². The van der Waals surface area contributed by atoms with Crippen LogP contribution in [0.2, 0.25) is 10.0 Å². The zero-order valence-electron chi connectivity index (χ0n) is 14.2. The van der Waals surface area contributed by atoms with E-state index in [9.17, 15) is 4.79 Å². The van der Waals surface area contributed by atoms with Crippen LogP contribution in [0.4, 0.5) is 0 Å². The van der Waals surface area contributed by atoms with Crippen molar-refractivity contribution in [3.63, 3.8) is 0 Å². The van der Waals surface area contributed by atoms with Crippen LogP contribution in [0.1, 0.15) is 11.3 Å². The molecule has 6 nitrogen and oxygen atoms in total. The monoisotopic (exact) mass is 404 g/mol. The lowest BCUT2D eigenvalue weighted by Crippen LogP contribution is -2.02. The van der Waals surface area contributed by atoms with E-state index >= 15 is 0 Å². The van der Waals surface area contributed by atoms with Crippen molar-refractivity contribution in [2.45, 2.75) is 6.54 Å². The van der Waals surface area contributed by atoms with E-state index in [-0.39, 0.29) is 6.15 Å². The van der Waals surface area contributed by atoms with Gasteiger partial charge in [-0.15, -0.1) is 0 Å². The van der Waals surface area contributed by atoms with E-state index in [1.807, 2.05) is 35.0 Å². The predicted molar refractivity (Wildman–Crippen MR) is 101 cm³/mol. The number of methoxy groups -OCH3 is 1. The number of nitrogens with zero attached hydrogens (tertiary/aromatic N) is 2. The van der Waals surface area contributed by atoms with Gasteiger partial charge in [0.15, 0.2) is 0 Å². The summed E-state index contributed by atoms with van der Waals surface area (Å²) in [5.41, 5.74) is 2.56. The van der Waals surface area contributed by atoms with Crippen molar-refractivity contribution in [1.82, 2.24) is 9.78 Å². The normalized spacial score (nSPS) is 10.3. The first-order valence-electron chi connectivity index (χ1n) is 7.65. The highest BCUT2D eigenvalue weighted by atomic mass is 35.5. The third-order valence-corrected chi connectivity index (χ3v) is 4.19. The molecule has 0 saturated carbocycles. The van der Waals surface area contributed by atoms with E-state index in [0.717, 1.165) is 16.5 Å². The van der Waals surface area contributed by atoms with Crippen LogP contribution in [0.15, 0.2) is 48.5 Å². The van der Waals surface area contributed by atoms with Crippen molar-refractivity contribution in [2.75, 3.05) is 7.11 Å². The molecule has 27 heavy (non-hydrogen) atoms. The van der Waals surface area contributed by atoms with Crippen molar-refractivity contribution in [3.8, 4) is 0 Å². The molecule has 8 heteroatoms. The van der Waals surface area contributed by atoms with Gasteiger partial charge in [-0.1, -0.05) is 47.5 Å². The number of hydrogen-bond acceptors (Lipinski definition) is 5. The molecule has 0 aliphatic heterocycles. The molecule has 0 aliphatic rings. The highest BCUT2D eigenvalue weighted by Crippen LogP contribution is 2.25. The fourth-order valence-electron chi connectivity index (χ4n) is 2.42. The van der Waals surface area contributed by atoms with E-state index < -0.39 is 5.97 Å². The molecule has 0 N–H and O–H groups in total. The molecule has 3 rings (SSSR count). The van der Waals surface area contributed by atoms with Gasteiger partial charge in [-0.05, 0) is 29.8 Å². The molecular formula is C19H14Cl2N2O4. The smallest absolute Gasteiger partial charge is 0.373 e. The maximum Gasteiger partial charge on any atom is 0.373 e. The SMILES string of the molecule is COC(=O)/C=C/c1nn(Cc2ccc(Cl)cc2Cl)c2ccccc12.O=C=O. The van der Waals surface area contributed by atoms with Crippen LogP contribution in [0.3, 0.4) is 0 Å². The predicted octanol–water partition coefficient (Wildman–Crippen LogP) is 3.99. The van der Waals surface area contributed by atoms with Crippen molar-refractivity contribution in [3.05, 3.63) is 69.8 Å². The second-order valence-electron chi connectivity index (χ2n) is 5.24. The first-order chi connectivity index (χ1) is 13.0. The number of esters is 1. The second kappa shape index (κ2) is 9.69. The summed E-state index contributed by atoms with van der Waals surface area (Å²) in [6.45, 7) is 0.503. The second-order valence-corrected chi connectivity index (χ2v) is 6.08. The van der Waals surface area contributed by atoms with Crippen LogP contribution < -0.4 is 0 Å². The van der Waals surface area contributed by atoms with Crippen LogP contribution in [-0.4, -0.2) is 29.0 Å². The number of carbonyl (C=O) groups excluding carboxylic acids is 3. The Balaban J connectivity index is 0.000000817. The van der Waals surface area contributed by atoms with Crippen molar-refractivity contribution >= 4 is 52.3 Å². The van der Waals surface area contributed by atoms with Gasteiger partial charge in [0.1, 0.15) is 0 Å². The minimum absolute atomic E-state index is 0.250. The van der Waals surface area contributed by atoms with E-state index in [4.69, 9.17) is 32.8 Å². The van der Waals surface area contributed by atoms with Crippen LogP contribution in [0.25, 0.3) is 17.0 Å². The zero-order chi connectivity index (χ0) is 19.8. The van der Waals surface area contributed by atoms with Gasteiger partial charge in [0.2, 0.25) is 0 Å². The molecular weight excluding hydrogens is 391 g/mol. The van der Waals surface area contributed by atoms with Crippen LogP contribution >= 0.6 is 23.2 Å². The van der Waals surface area contributed by atoms with E-state index in [1.165, 1.54) is 13.2 Å². The summed E-state index contributed by atoms with van der Waals surface area (Å²) in [4.78, 5) is 27.6. The zero-order valence-corrected chi connectivity index (χ0v) is 15.7. The first kappa shape index (κ1) is 20.4. The average molecular weight is 405 g/mol. The number of rotatable bonds is 4. The number of hydrogen-bond donors (Lipinski definition) is 0. The molecule has 0 bridgehead atoms. The molecule has 0 aliphatic carbocycles. The Kier molecular flexibility index (Phi) is 7.32. The lowest BCUT2D eigenvalue weighted by atomic mass is 10.2. The third kappa shape index (κ3) is 5.28. The van der Waals surface area contributed by atoms with Crippen LogP contribution in [0, 0.1) is 0 Å². The van der Waals surface area contributed by atoms with Crippen LogP contribution in [0.5, 0.6) is 0 Å². The van der Waals surface area contributed by atoms with Gasteiger partial charge in [-0.25, -0.2) is 4.79 Å². The van der Waals surface area contributed by atoms with E-state index in [0.29, 0.717) is 22.3 Å². The number of benzene rings is 2. The van der Waals surface area contributed by atoms with Gasteiger partial charge in [-0.3, -0.25) is 4.68 Å². The fourth-order valence-corrected chi connectivity index (χ4v) is 2.89. The van der Waals surface area contributed by atoms with Crippen molar-refractivity contribution in [2.24, 2.45) is 0 Å². The standard InChI is InChI=1S/C18H14Cl2N2O2.CO2/c1-24-18(23)9-8-16-14-4-2-3-5-17(14)22(21-16)11-12-6-7-13(19)10-15(12)20;2-1-3/h2-10H,11H2,1H3;/b9-8+;. The molecule has 1 heterocycles. The Hall–Kier alpha value is -2.92. The molecule has 0 fully saturated rings. The summed E-state index contributed by atoms with van der Waals surface area (Å²) < 4.78 is 6.47. The van der Waals surface area contributed by atoms with Gasteiger partial charge in [0.05, 0.1) is 24.9 Å². The molecule has 3 aromatic rings. The Morgan fingerprint density at radius 3 is 2.59 bits per heavy atom. The maximum atomic E-state index is 11.3. The number of fused-ring (bicyclic) bond motifs is 1. The molecule has 0 saturated heterocycles. The number of aromatic nitrogens is 2. The largest absolute Gasteiger partial charge is 0.466 e. The summed E-state index contributed by atoms with van der Waals surface area (Å²) in [5, 5.41) is 6.72. The minimum Gasteiger partial charge on any atom is -0.466 e. The summed E-state index contributed by atoms with van der Waals surface area (Å²) in [6.07, 6.45) is 3.25. The lowest BCUT2D eigenvalue weighted by molar-refractivity contribution is -0.191. The number of para-hydroxylation sites is 1. The highest BCUT2D eigenvalue weighted by Gasteiger charge is 2.10. The molecule has 0 radical (unpaired) electrons. The molecule has 138 valence electrons. The van der Waals surface area contributed by atoms with Gasteiger partial charge in [0.25, 0.3) is 0 Å². The van der Waals surface area contributed by atoms with E-state index in [1.54, 1.807) is 18.2 Å². The molecule has 0 atom stereocenters. The summed E-state index contributed by atoms with van der Waals surface area (Å²) in [6, 6.07) is 13.2. The van der Waals surface area contributed by atoms with Gasteiger partial charge < -0.3 is 4.74 Å². The van der Waals surface area contributed by atoms with Gasteiger partial charge in [-0.2, -0.15) is 14.7 Å². The quantitative estimate of drug-likeness (QED) is 0.485. The molecule has 0 amide bonds. The molecule has 0 spiro atoms.